The van der Waals surface area contributed by atoms with Crippen molar-refractivity contribution in [3.63, 3.8) is 0 Å². The fourth-order valence-corrected chi connectivity index (χ4v) is 9.58. The molecule has 0 unspecified atom stereocenters. The van der Waals surface area contributed by atoms with Gasteiger partial charge in [-0.05, 0) is 24.3 Å². The van der Waals surface area contributed by atoms with E-state index in [0.29, 0.717) is 108 Å². The SMILES string of the molecule is C.C.COc1cc(-c2[nH]c3cc(OC)c(OC)c(OC)c3c(=O)c2C(=O)O)cc(OC)c1OC.COc1cc(N)cc(OC)c1OC.COc1cc(NC(=O)c2c(-c3cc(OC)c(OC)c(OC)c3)[nH]c3cc(OC)c(OC)c(OC)c3c2=O)cc(OC)c1OC. The second kappa shape index (κ2) is 32.2. The maximum Gasteiger partial charge on any atom is 0.341 e. The third-order valence-electron chi connectivity index (χ3n) is 13.5. The van der Waals surface area contributed by atoms with Crippen LogP contribution in [0.25, 0.3) is 44.3 Å². The van der Waals surface area contributed by atoms with E-state index in [-0.39, 0.29) is 71.3 Å². The topological polar surface area (TPSA) is 324 Å². The van der Waals surface area contributed by atoms with Gasteiger partial charge in [0.25, 0.3) is 5.91 Å². The Bertz CT molecular complexity index is 3930. The number of pyridine rings is 2. The van der Waals surface area contributed by atoms with E-state index in [1.807, 2.05) is 0 Å². The van der Waals surface area contributed by atoms with Crippen molar-refractivity contribution in [1.29, 1.82) is 0 Å². The molecule has 0 radical (unpaired) electrons. The number of carboxylic acid groups (broad SMARTS) is 1. The third-order valence-corrected chi connectivity index (χ3v) is 13.5. The van der Waals surface area contributed by atoms with Crippen LogP contribution in [0.2, 0.25) is 0 Å². The number of fused-ring (bicyclic) bond motifs is 2. The third kappa shape index (κ3) is 14.2. The Morgan fingerprint density at radius 3 is 0.879 bits per heavy atom. The van der Waals surface area contributed by atoms with Crippen molar-refractivity contribution in [2.24, 2.45) is 0 Å². The number of carboxylic acids is 1. The van der Waals surface area contributed by atoms with Crippen LogP contribution in [0.5, 0.6) is 103 Å². The molecule has 0 bridgehead atoms. The van der Waals surface area contributed by atoms with E-state index >= 15 is 0 Å². The van der Waals surface area contributed by atoms with E-state index in [0.717, 1.165) is 0 Å². The fourth-order valence-electron chi connectivity index (χ4n) is 9.58. The summed E-state index contributed by atoms with van der Waals surface area (Å²) in [5, 5.41) is 12.8. The van der Waals surface area contributed by atoms with Crippen molar-refractivity contribution in [3.8, 4) is 126 Å². The zero-order valence-corrected chi connectivity index (χ0v) is 52.3. The summed E-state index contributed by atoms with van der Waals surface area (Å²) in [5.74, 6) is 3.43. The fraction of sp³-hybridized carbons (Fsp3) is 0.312. The molecular formula is C64H78N4O23. The molecule has 2 heterocycles. The standard InChI is InChI=1S/C31H34N2O11.C22H23NO9.C9H13NO3.2CH4/c1-36-18-10-15(11-19(37-2)27(18)41-6)25-24(31(35)32-16-12-20(38-3)28(42-7)21(13-16)39-4)26(34)23-17(33-25)14-22(40-5)29(43-8)30(23)44-9;1-27-12-7-10(8-13(28-2)19(12)30-4)17-16(22(25)26)18(24)15-11(23-17)9-14(29-3)20(31-5)21(15)32-6;1-11-7-4-6(10)5-8(12-2)9(7)13-3;;/h10-14H,1-9H3,(H,32,35)(H,33,34);7-9H,1-6H3,(H,23,24)(H,25,26);4-5H,10H2,1-3H3;2*1H4. The molecular weight excluding hydrogens is 1190 g/mol. The molecule has 91 heavy (non-hydrogen) atoms. The van der Waals surface area contributed by atoms with Crippen molar-refractivity contribution in [2.45, 2.75) is 14.9 Å². The van der Waals surface area contributed by atoms with E-state index in [1.165, 1.54) is 113 Å². The van der Waals surface area contributed by atoms with Gasteiger partial charge < -0.3 is 111 Å². The van der Waals surface area contributed by atoms with Crippen molar-refractivity contribution in [2.75, 3.05) is 139 Å². The number of ether oxygens (including phenoxy) is 18. The highest BCUT2D eigenvalue weighted by Crippen LogP contribution is 2.48. The molecule has 0 spiro atoms. The molecule has 0 aliphatic carbocycles. The van der Waals surface area contributed by atoms with Gasteiger partial charge in [0.2, 0.25) is 45.4 Å². The number of rotatable bonds is 23. The highest BCUT2D eigenvalue weighted by atomic mass is 16.6. The van der Waals surface area contributed by atoms with Crippen LogP contribution in [0.4, 0.5) is 11.4 Å². The predicted molar refractivity (Wildman–Crippen MR) is 344 cm³/mol. The lowest BCUT2D eigenvalue weighted by Gasteiger charge is -2.19. The number of H-pyrrole nitrogens is 2. The van der Waals surface area contributed by atoms with Gasteiger partial charge in [-0.25, -0.2) is 4.79 Å². The van der Waals surface area contributed by atoms with Crippen LogP contribution in [0, 0.1) is 0 Å². The molecule has 27 heteroatoms. The van der Waals surface area contributed by atoms with Crippen molar-refractivity contribution >= 4 is 45.1 Å². The summed E-state index contributed by atoms with van der Waals surface area (Å²) in [6.45, 7) is 0. The van der Waals surface area contributed by atoms with Gasteiger partial charge in [-0.1, -0.05) is 14.9 Å². The van der Waals surface area contributed by atoms with E-state index in [9.17, 15) is 24.3 Å². The first-order valence-electron chi connectivity index (χ1n) is 26.1. The summed E-state index contributed by atoms with van der Waals surface area (Å²) in [5.41, 5.74) is 5.87. The lowest BCUT2D eigenvalue weighted by atomic mass is 10.00. The van der Waals surface area contributed by atoms with Gasteiger partial charge in [0.15, 0.2) is 69.0 Å². The minimum atomic E-state index is -1.42. The minimum Gasteiger partial charge on any atom is -0.493 e. The molecule has 0 aliphatic heterocycles. The molecule has 0 saturated carbocycles. The maximum absolute atomic E-state index is 14.4. The van der Waals surface area contributed by atoms with Gasteiger partial charge in [0, 0.05) is 58.9 Å². The molecule has 492 valence electrons. The molecule has 8 aromatic rings. The Morgan fingerprint density at radius 2 is 0.604 bits per heavy atom. The summed E-state index contributed by atoms with van der Waals surface area (Å²) in [6.07, 6.45) is 0. The average Bonchev–Trinajstić information content (AvgIpc) is 0.754. The molecule has 0 saturated heterocycles. The smallest absolute Gasteiger partial charge is 0.341 e. The van der Waals surface area contributed by atoms with Crippen LogP contribution in [0.3, 0.4) is 0 Å². The van der Waals surface area contributed by atoms with Crippen molar-refractivity contribution < 1.29 is 100.0 Å². The lowest BCUT2D eigenvalue weighted by Crippen LogP contribution is -2.24. The number of amides is 1. The number of methoxy groups -OCH3 is 18. The van der Waals surface area contributed by atoms with E-state index in [2.05, 4.69) is 15.3 Å². The van der Waals surface area contributed by atoms with Gasteiger partial charge in [-0.3, -0.25) is 14.4 Å². The number of aromatic amines is 2. The van der Waals surface area contributed by atoms with Crippen LogP contribution >= 0.6 is 0 Å². The number of nitrogens with two attached hydrogens (primary N) is 1. The molecule has 27 nitrogen and oxygen atoms in total. The Hall–Kier alpha value is -11.1. The highest BCUT2D eigenvalue weighted by Gasteiger charge is 2.30. The molecule has 0 aliphatic rings. The number of carbonyl (C=O) groups is 2. The summed E-state index contributed by atoms with van der Waals surface area (Å²) in [7, 11) is 26.2. The van der Waals surface area contributed by atoms with Crippen molar-refractivity contribution in [1.82, 2.24) is 9.97 Å². The first kappa shape index (κ1) is 72.4. The highest BCUT2D eigenvalue weighted by molar-refractivity contribution is 6.11. The number of anilines is 2. The van der Waals surface area contributed by atoms with Gasteiger partial charge in [-0.2, -0.15) is 0 Å². The molecule has 1 amide bonds. The first-order valence-corrected chi connectivity index (χ1v) is 26.1. The number of hydrogen-bond donors (Lipinski definition) is 5. The van der Waals surface area contributed by atoms with Crippen LogP contribution in [0.15, 0.2) is 70.3 Å². The molecule has 8 rings (SSSR count). The molecule has 0 atom stereocenters. The Morgan fingerprint density at radius 1 is 0.352 bits per heavy atom. The second-order valence-electron chi connectivity index (χ2n) is 18.0. The maximum atomic E-state index is 14.4. The number of nitrogens with one attached hydrogen (secondary N) is 3. The number of carbonyl (C=O) groups excluding carboxylic acids is 1. The quantitative estimate of drug-likeness (QED) is 0.0372. The summed E-state index contributed by atoms with van der Waals surface area (Å²) >= 11 is 0. The predicted octanol–water partition coefficient (Wildman–Crippen LogP) is 10.0. The largest absolute Gasteiger partial charge is 0.493 e. The normalized spacial score (nSPS) is 10.2. The number of benzene rings is 6. The van der Waals surface area contributed by atoms with E-state index < -0.39 is 28.3 Å². The molecule has 6 N–H and O–H groups in total. The zero-order valence-electron chi connectivity index (χ0n) is 52.3. The number of nitrogen functional groups attached to an aromatic ring is 1. The Balaban J connectivity index is 0.000000328. The lowest BCUT2D eigenvalue weighted by molar-refractivity contribution is 0.0696. The second-order valence-corrected chi connectivity index (χ2v) is 18.0. The summed E-state index contributed by atoms with van der Waals surface area (Å²) in [4.78, 5) is 60.3. The summed E-state index contributed by atoms with van der Waals surface area (Å²) in [6, 6.07) is 15.9. The van der Waals surface area contributed by atoms with Crippen molar-refractivity contribution in [3.05, 3.63) is 92.2 Å². The zero-order chi connectivity index (χ0) is 65.6. The minimum absolute atomic E-state index is 0. The number of hydrogen-bond acceptors (Lipinski definition) is 23. The van der Waals surface area contributed by atoms with E-state index in [1.54, 1.807) is 75.9 Å². The summed E-state index contributed by atoms with van der Waals surface area (Å²) < 4.78 is 96.7. The van der Waals surface area contributed by atoms with Gasteiger partial charge in [-0.15, -0.1) is 0 Å². The Labute approximate surface area is 525 Å². The van der Waals surface area contributed by atoms with Gasteiger partial charge in [0.1, 0.15) is 11.1 Å². The monoisotopic (exact) mass is 1270 g/mol. The van der Waals surface area contributed by atoms with Crippen LogP contribution in [0.1, 0.15) is 35.6 Å². The van der Waals surface area contributed by atoms with Gasteiger partial charge in [0.05, 0.1) is 161 Å². The molecule has 0 fully saturated rings. The van der Waals surface area contributed by atoms with Gasteiger partial charge >= 0.3 is 5.97 Å². The van der Waals surface area contributed by atoms with E-state index in [4.69, 9.17) is 91.0 Å². The average molecular weight is 1270 g/mol. The molecule has 6 aromatic carbocycles. The Kier molecular flexibility index (Phi) is 25.6. The van der Waals surface area contributed by atoms with Crippen LogP contribution in [-0.2, 0) is 0 Å². The van der Waals surface area contributed by atoms with Crippen LogP contribution in [-0.4, -0.2) is 155 Å². The molecule has 2 aromatic heterocycles. The number of aromatic nitrogens is 2. The first-order chi connectivity index (χ1) is 42.8. The van der Waals surface area contributed by atoms with Crippen LogP contribution < -0.4 is 107 Å². The number of aromatic carboxylic acids is 1.